The summed E-state index contributed by atoms with van der Waals surface area (Å²) in [5.74, 6) is 0. The Balaban J connectivity index is 2.49. The number of rotatable bonds is 1. The van der Waals surface area contributed by atoms with Crippen molar-refractivity contribution < 1.29 is 13.4 Å². The van der Waals surface area contributed by atoms with E-state index in [-0.39, 0.29) is 18.4 Å². The second-order valence-electron chi connectivity index (χ2n) is 5.09. The van der Waals surface area contributed by atoms with Gasteiger partial charge < -0.3 is 9.31 Å². The van der Waals surface area contributed by atoms with Crippen LogP contribution in [0.1, 0.15) is 37.4 Å². The second-order valence-corrected chi connectivity index (χ2v) is 5.09. The summed E-state index contributed by atoms with van der Waals surface area (Å²) < 4.78 is 35.2. The quantitative estimate of drug-likeness (QED) is 0.677. The first-order valence-corrected chi connectivity index (χ1v) is 5.37. The topological polar surface area (TPSA) is 31.4 Å². The molecule has 0 unspecified atom stereocenters. The summed E-state index contributed by atoms with van der Waals surface area (Å²) in [6.07, 6.45) is -0.172. The van der Waals surface area contributed by atoms with Crippen molar-refractivity contribution >= 4 is 12.6 Å². The molecule has 2 heterocycles. The minimum atomic E-state index is -0.781. The number of hydrogen-bond donors (Lipinski definition) is 0. The van der Waals surface area contributed by atoms with Crippen LogP contribution in [0.3, 0.4) is 0 Å². The van der Waals surface area contributed by atoms with Crippen molar-refractivity contribution in [2.45, 2.75) is 45.8 Å². The highest BCUT2D eigenvalue weighted by atomic mass is 16.7. The average Bonchev–Trinajstić information content (AvgIpc) is 2.44. The molecule has 0 atom stereocenters. The predicted octanol–water partition coefficient (Wildman–Crippen LogP) is 1.69. The van der Waals surface area contributed by atoms with E-state index in [4.69, 9.17) is 13.4 Å². The summed E-state index contributed by atoms with van der Waals surface area (Å²) in [7, 11) is -0.781. The number of pyridine rings is 1. The van der Waals surface area contributed by atoms with Gasteiger partial charge in [-0.1, -0.05) is 6.04 Å². The summed E-state index contributed by atoms with van der Waals surface area (Å²) in [5.41, 5.74) is -0.318. The van der Waals surface area contributed by atoms with Crippen molar-refractivity contribution in [3.63, 3.8) is 0 Å². The molecule has 0 aromatic carbocycles. The van der Waals surface area contributed by atoms with E-state index in [1.54, 1.807) is 6.92 Å². The molecule has 0 aliphatic carbocycles. The number of hydrogen-bond acceptors (Lipinski definition) is 3. The Morgan fingerprint density at radius 2 is 1.75 bits per heavy atom. The summed E-state index contributed by atoms with van der Waals surface area (Å²) in [4.78, 5) is 3.83. The maximum Gasteiger partial charge on any atom is 0.496 e. The third-order valence-electron chi connectivity index (χ3n) is 3.21. The molecule has 2 rings (SSSR count). The van der Waals surface area contributed by atoms with Gasteiger partial charge in [0.1, 0.15) is 0 Å². The van der Waals surface area contributed by atoms with Crippen molar-refractivity contribution in [3.8, 4) is 0 Å². The molecule has 4 heteroatoms. The molecular weight excluding hydrogens is 201 g/mol. The van der Waals surface area contributed by atoms with E-state index in [0.29, 0.717) is 11.0 Å². The molecule has 1 saturated heterocycles. The molecular formula is C12H18BNO2. The van der Waals surface area contributed by atoms with Crippen LogP contribution in [0.5, 0.6) is 0 Å². The van der Waals surface area contributed by atoms with Gasteiger partial charge in [-0.2, -0.15) is 0 Å². The Morgan fingerprint density at radius 3 is 2.31 bits per heavy atom. The second kappa shape index (κ2) is 3.57. The van der Waals surface area contributed by atoms with Crippen LogP contribution in [0.2, 0.25) is 0 Å². The van der Waals surface area contributed by atoms with Crippen LogP contribution < -0.4 is 5.46 Å². The van der Waals surface area contributed by atoms with Gasteiger partial charge in [0, 0.05) is 17.8 Å². The maximum absolute atomic E-state index is 8.06. The van der Waals surface area contributed by atoms with Crippen molar-refractivity contribution in [1.82, 2.24) is 4.98 Å². The standard InChI is InChI=1S/C12H18BNO2/c1-9-6-10(8-14-7-9)13-15-11(2,3)12(4,5)16-13/h6-8H,1-5H3/i6D,7D,8D. The fraction of sp³-hybridized carbons (Fsp3) is 0.583. The SMILES string of the molecule is [2H]c1nc([2H])c(B2OC(C)(C)C(C)(C)O2)c([2H])c1C. The van der Waals surface area contributed by atoms with E-state index >= 15 is 0 Å². The largest absolute Gasteiger partial charge is 0.496 e. The van der Waals surface area contributed by atoms with Crippen molar-refractivity contribution in [2.24, 2.45) is 0 Å². The summed E-state index contributed by atoms with van der Waals surface area (Å²) in [5, 5.41) is 0. The minimum Gasteiger partial charge on any atom is -0.399 e. The minimum absolute atomic E-state index is 0.0460. The molecule has 86 valence electrons. The first kappa shape index (κ1) is 8.26. The monoisotopic (exact) mass is 222 g/mol. The van der Waals surface area contributed by atoms with Crippen LogP contribution in [0.25, 0.3) is 0 Å². The molecule has 0 bridgehead atoms. The first-order chi connectivity index (χ1) is 8.57. The Kier molecular flexibility index (Phi) is 1.84. The van der Waals surface area contributed by atoms with Gasteiger partial charge in [0.05, 0.1) is 15.3 Å². The zero-order chi connectivity index (χ0) is 14.6. The Hall–Kier alpha value is -0.865. The van der Waals surface area contributed by atoms with Gasteiger partial charge in [-0.3, -0.25) is 4.98 Å². The molecule has 0 N–H and O–H groups in total. The predicted molar refractivity (Wildman–Crippen MR) is 64.7 cm³/mol. The lowest BCUT2D eigenvalue weighted by Gasteiger charge is -2.32. The van der Waals surface area contributed by atoms with Gasteiger partial charge >= 0.3 is 7.12 Å². The summed E-state index contributed by atoms with van der Waals surface area (Å²) in [6.45, 7) is 9.31. The molecule has 1 aromatic heterocycles. The Bertz CT molecular complexity index is 518. The molecule has 1 aliphatic heterocycles. The van der Waals surface area contributed by atoms with E-state index < -0.39 is 18.3 Å². The number of aromatic nitrogens is 1. The van der Waals surface area contributed by atoms with Crippen LogP contribution in [-0.4, -0.2) is 23.3 Å². The van der Waals surface area contributed by atoms with Crippen LogP contribution in [-0.2, 0) is 9.31 Å². The molecule has 1 aromatic rings. The van der Waals surface area contributed by atoms with Gasteiger partial charge in [-0.15, -0.1) is 0 Å². The van der Waals surface area contributed by atoms with E-state index in [0.717, 1.165) is 0 Å². The summed E-state index contributed by atoms with van der Waals surface area (Å²) in [6, 6.07) is 0.100. The van der Waals surface area contributed by atoms with Gasteiger partial charge in [0.15, 0.2) is 0 Å². The lowest BCUT2D eigenvalue weighted by Crippen LogP contribution is -2.41. The van der Waals surface area contributed by atoms with Crippen LogP contribution in [0, 0.1) is 6.92 Å². The third kappa shape index (κ3) is 1.87. The van der Waals surface area contributed by atoms with Crippen molar-refractivity contribution in [3.05, 3.63) is 24.0 Å². The smallest absolute Gasteiger partial charge is 0.399 e. The van der Waals surface area contributed by atoms with Crippen LogP contribution in [0.15, 0.2) is 18.4 Å². The normalized spacial score (nSPS) is 25.1. The third-order valence-corrected chi connectivity index (χ3v) is 3.21. The highest BCUT2D eigenvalue weighted by Gasteiger charge is 2.51. The van der Waals surface area contributed by atoms with Gasteiger partial charge in [-0.05, 0) is 40.2 Å². The van der Waals surface area contributed by atoms with E-state index in [9.17, 15) is 0 Å². The zero-order valence-electron chi connectivity index (χ0n) is 13.3. The lowest BCUT2D eigenvalue weighted by molar-refractivity contribution is 0.00578. The fourth-order valence-corrected chi connectivity index (χ4v) is 1.50. The Labute approximate surface area is 102 Å². The molecule has 0 amide bonds. The molecule has 0 spiro atoms. The van der Waals surface area contributed by atoms with E-state index in [2.05, 4.69) is 4.98 Å². The Morgan fingerprint density at radius 1 is 1.19 bits per heavy atom. The van der Waals surface area contributed by atoms with E-state index in [1.165, 1.54) is 0 Å². The van der Waals surface area contributed by atoms with Crippen molar-refractivity contribution in [1.29, 1.82) is 0 Å². The summed E-state index contributed by atoms with van der Waals surface area (Å²) >= 11 is 0. The average molecular weight is 222 g/mol. The van der Waals surface area contributed by atoms with E-state index in [1.807, 2.05) is 27.7 Å². The fourth-order valence-electron chi connectivity index (χ4n) is 1.50. The van der Waals surface area contributed by atoms with Crippen molar-refractivity contribution in [2.75, 3.05) is 0 Å². The molecule has 16 heavy (non-hydrogen) atoms. The molecule has 3 nitrogen and oxygen atoms in total. The van der Waals surface area contributed by atoms with Crippen LogP contribution >= 0.6 is 0 Å². The van der Waals surface area contributed by atoms with Gasteiger partial charge in [-0.25, -0.2) is 0 Å². The molecule has 1 fully saturated rings. The zero-order valence-corrected chi connectivity index (χ0v) is 10.3. The highest BCUT2D eigenvalue weighted by molar-refractivity contribution is 6.62. The lowest BCUT2D eigenvalue weighted by atomic mass is 9.80. The van der Waals surface area contributed by atoms with Gasteiger partial charge in [0.2, 0.25) is 0 Å². The maximum atomic E-state index is 8.06. The highest BCUT2D eigenvalue weighted by Crippen LogP contribution is 2.36. The van der Waals surface area contributed by atoms with Crippen LogP contribution in [0.4, 0.5) is 0 Å². The van der Waals surface area contributed by atoms with Gasteiger partial charge in [0.25, 0.3) is 0 Å². The first-order valence-electron chi connectivity index (χ1n) is 6.87. The molecule has 1 aliphatic rings. The molecule has 0 saturated carbocycles. The number of nitrogens with zero attached hydrogens (tertiary/aromatic N) is 1. The molecule has 0 radical (unpaired) electrons.